The quantitative estimate of drug-likeness (QED) is 0.884. The number of hydrogen-bond donors (Lipinski definition) is 2. The van der Waals surface area contributed by atoms with Gasteiger partial charge in [-0.3, -0.25) is 4.79 Å². The Labute approximate surface area is 123 Å². The average Bonchev–Trinajstić information content (AvgIpc) is 2.46. The van der Waals surface area contributed by atoms with Gasteiger partial charge in [-0.15, -0.1) is 0 Å². The largest absolute Gasteiger partial charge is 0.493 e. The number of carbonyl (C=O) groups excluding carboxylic acids is 1. The van der Waals surface area contributed by atoms with E-state index in [0.29, 0.717) is 11.5 Å². The normalized spacial score (nSPS) is 9.86. The predicted octanol–water partition coefficient (Wildman–Crippen LogP) is 3.41. The van der Waals surface area contributed by atoms with Gasteiger partial charge >= 0.3 is 0 Å². The van der Waals surface area contributed by atoms with E-state index in [1.807, 2.05) is 42.5 Å². The zero-order valence-corrected chi connectivity index (χ0v) is 12.3. The van der Waals surface area contributed by atoms with Crippen molar-refractivity contribution in [3.8, 4) is 11.5 Å². The molecule has 0 aromatic heterocycles. The zero-order chi connectivity index (χ0) is 15.2. The Balaban J connectivity index is 2.19. The van der Waals surface area contributed by atoms with Crippen molar-refractivity contribution in [2.24, 2.45) is 0 Å². The molecule has 0 radical (unpaired) electrons. The molecule has 0 saturated heterocycles. The molecule has 0 aliphatic heterocycles. The second kappa shape index (κ2) is 6.65. The fraction of sp³-hybridized carbons (Fsp3) is 0.188. The van der Waals surface area contributed by atoms with E-state index in [9.17, 15) is 4.79 Å². The highest BCUT2D eigenvalue weighted by Gasteiger charge is 2.05. The van der Waals surface area contributed by atoms with E-state index in [1.54, 1.807) is 14.2 Å². The molecule has 2 aromatic rings. The van der Waals surface area contributed by atoms with Crippen molar-refractivity contribution in [1.82, 2.24) is 0 Å². The third kappa shape index (κ3) is 3.89. The second-order valence-electron chi connectivity index (χ2n) is 4.46. The first kappa shape index (κ1) is 14.7. The SMILES string of the molecule is COc1ccc(Nc2cccc(NC(C)=O)c2)cc1OC. The Morgan fingerprint density at radius 2 is 1.57 bits per heavy atom. The molecular formula is C16H18N2O3. The molecule has 21 heavy (non-hydrogen) atoms. The average molecular weight is 286 g/mol. The molecule has 0 aliphatic rings. The minimum Gasteiger partial charge on any atom is -0.493 e. The third-order valence-electron chi connectivity index (χ3n) is 2.86. The lowest BCUT2D eigenvalue weighted by Crippen LogP contribution is -2.05. The van der Waals surface area contributed by atoms with E-state index >= 15 is 0 Å². The molecule has 2 N–H and O–H groups in total. The molecule has 1 amide bonds. The summed E-state index contributed by atoms with van der Waals surface area (Å²) in [6.45, 7) is 1.48. The van der Waals surface area contributed by atoms with E-state index in [0.717, 1.165) is 17.1 Å². The molecule has 5 heteroatoms. The molecule has 0 spiro atoms. The van der Waals surface area contributed by atoms with Crippen molar-refractivity contribution >= 4 is 23.0 Å². The van der Waals surface area contributed by atoms with Crippen LogP contribution >= 0.6 is 0 Å². The monoisotopic (exact) mass is 286 g/mol. The van der Waals surface area contributed by atoms with Crippen LogP contribution in [-0.2, 0) is 4.79 Å². The van der Waals surface area contributed by atoms with Crippen LogP contribution in [0, 0.1) is 0 Å². The highest BCUT2D eigenvalue weighted by Crippen LogP contribution is 2.31. The summed E-state index contributed by atoms with van der Waals surface area (Å²) in [5, 5.41) is 6.00. The van der Waals surface area contributed by atoms with Crippen LogP contribution in [0.3, 0.4) is 0 Å². The topological polar surface area (TPSA) is 59.6 Å². The second-order valence-corrected chi connectivity index (χ2v) is 4.46. The molecule has 5 nitrogen and oxygen atoms in total. The van der Waals surface area contributed by atoms with E-state index < -0.39 is 0 Å². The van der Waals surface area contributed by atoms with E-state index in [1.165, 1.54) is 6.92 Å². The van der Waals surface area contributed by atoms with E-state index in [-0.39, 0.29) is 5.91 Å². The first-order valence-corrected chi connectivity index (χ1v) is 6.49. The van der Waals surface area contributed by atoms with E-state index in [4.69, 9.17) is 9.47 Å². The lowest BCUT2D eigenvalue weighted by atomic mass is 10.2. The molecule has 0 unspecified atom stereocenters. The molecule has 2 aromatic carbocycles. The van der Waals surface area contributed by atoms with Crippen LogP contribution in [0.1, 0.15) is 6.92 Å². The summed E-state index contributed by atoms with van der Waals surface area (Å²) in [6, 6.07) is 13.1. The molecular weight excluding hydrogens is 268 g/mol. The number of anilines is 3. The highest BCUT2D eigenvalue weighted by molar-refractivity contribution is 5.89. The standard InChI is InChI=1S/C16H18N2O3/c1-11(19)17-12-5-4-6-13(9-12)18-14-7-8-15(20-2)16(10-14)21-3/h4-10,18H,1-3H3,(H,17,19). The molecule has 110 valence electrons. The van der Waals surface area contributed by atoms with Crippen LogP contribution in [0.2, 0.25) is 0 Å². The Kier molecular flexibility index (Phi) is 4.66. The number of hydrogen-bond acceptors (Lipinski definition) is 4. The minimum absolute atomic E-state index is 0.0988. The van der Waals surface area contributed by atoms with Crippen molar-refractivity contribution < 1.29 is 14.3 Å². The minimum atomic E-state index is -0.0988. The number of carbonyl (C=O) groups is 1. The van der Waals surface area contributed by atoms with Crippen molar-refractivity contribution in [3.63, 3.8) is 0 Å². The molecule has 0 heterocycles. The lowest BCUT2D eigenvalue weighted by molar-refractivity contribution is -0.114. The molecule has 0 atom stereocenters. The van der Waals surface area contributed by atoms with Crippen molar-refractivity contribution in [2.45, 2.75) is 6.92 Å². The lowest BCUT2D eigenvalue weighted by Gasteiger charge is -2.12. The summed E-state index contributed by atoms with van der Waals surface area (Å²) in [5.74, 6) is 1.23. The van der Waals surface area contributed by atoms with Gasteiger partial charge in [0.25, 0.3) is 0 Å². The van der Waals surface area contributed by atoms with Gasteiger partial charge in [-0.05, 0) is 30.3 Å². The van der Waals surface area contributed by atoms with Crippen molar-refractivity contribution in [2.75, 3.05) is 24.9 Å². The number of ether oxygens (including phenoxy) is 2. The molecule has 0 saturated carbocycles. The van der Waals surface area contributed by atoms with Crippen LogP contribution < -0.4 is 20.1 Å². The maximum atomic E-state index is 11.1. The predicted molar refractivity (Wildman–Crippen MR) is 83.6 cm³/mol. The number of rotatable bonds is 5. The van der Waals surface area contributed by atoms with Crippen molar-refractivity contribution in [1.29, 1.82) is 0 Å². The van der Waals surface area contributed by atoms with Crippen LogP contribution in [0.4, 0.5) is 17.1 Å². The maximum Gasteiger partial charge on any atom is 0.221 e. The Morgan fingerprint density at radius 3 is 2.24 bits per heavy atom. The zero-order valence-electron chi connectivity index (χ0n) is 12.3. The van der Waals surface area contributed by atoms with Gasteiger partial charge in [-0.1, -0.05) is 6.07 Å². The van der Waals surface area contributed by atoms with E-state index in [2.05, 4.69) is 10.6 Å². The maximum absolute atomic E-state index is 11.1. The molecule has 0 aliphatic carbocycles. The fourth-order valence-corrected chi connectivity index (χ4v) is 1.96. The van der Waals surface area contributed by atoms with Crippen LogP contribution in [0.25, 0.3) is 0 Å². The molecule has 2 rings (SSSR count). The number of amides is 1. The molecule has 0 bridgehead atoms. The summed E-state index contributed by atoms with van der Waals surface area (Å²) in [4.78, 5) is 11.1. The van der Waals surface area contributed by atoms with Gasteiger partial charge in [0, 0.05) is 30.1 Å². The van der Waals surface area contributed by atoms with Crippen LogP contribution in [0.15, 0.2) is 42.5 Å². The summed E-state index contributed by atoms with van der Waals surface area (Å²) in [5.41, 5.74) is 2.48. The van der Waals surface area contributed by atoms with Gasteiger partial charge in [0.05, 0.1) is 14.2 Å². The smallest absolute Gasteiger partial charge is 0.221 e. The van der Waals surface area contributed by atoms with Gasteiger partial charge in [-0.2, -0.15) is 0 Å². The Bertz CT molecular complexity index is 641. The number of nitrogens with one attached hydrogen (secondary N) is 2. The van der Waals surface area contributed by atoms with Gasteiger partial charge in [0.15, 0.2) is 11.5 Å². The highest BCUT2D eigenvalue weighted by atomic mass is 16.5. The summed E-state index contributed by atoms with van der Waals surface area (Å²) < 4.78 is 10.5. The first-order chi connectivity index (χ1) is 10.1. The summed E-state index contributed by atoms with van der Waals surface area (Å²) in [7, 11) is 3.20. The summed E-state index contributed by atoms with van der Waals surface area (Å²) in [6.07, 6.45) is 0. The van der Waals surface area contributed by atoms with Gasteiger partial charge in [0.2, 0.25) is 5.91 Å². The Hall–Kier alpha value is -2.69. The fourth-order valence-electron chi connectivity index (χ4n) is 1.96. The van der Waals surface area contributed by atoms with Crippen LogP contribution in [-0.4, -0.2) is 20.1 Å². The van der Waals surface area contributed by atoms with Gasteiger partial charge < -0.3 is 20.1 Å². The first-order valence-electron chi connectivity index (χ1n) is 6.49. The summed E-state index contributed by atoms with van der Waals surface area (Å²) >= 11 is 0. The molecule has 0 fully saturated rings. The number of methoxy groups -OCH3 is 2. The van der Waals surface area contributed by atoms with Crippen molar-refractivity contribution in [3.05, 3.63) is 42.5 Å². The van der Waals surface area contributed by atoms with Crippen LogP contribution in [0.5, 0.6) is 11.5 Å². The van der Waals surface area contributed by atoms with Gasteiger partial charge in [0.1, 0.15) is 0 Å². The number of benzene rings is 2. The Morgan fingerprint density at radius 1 is 0.905 bits per heavy atom. The third-order valence-corrected chi connectivity index (χ3v) is 2.86. The van der Waals surface area contributed by atoms with Gasteiger partial charge in [-0.25, -0.2) is 0 Å².